The van der Waals surface area contributed by atoms with Crippen molar-refractivity contribution in [2.45, 2.75) is 32.8 Å². The first-order valence-electron chi connectivity index (χ1n) is 8.43. The molecule has 1 aromatic carbocycles. The second-order valence-electron chi connectivity index (χ2n) is 7.09. The summed E-state index contributed by atoms with van der Waals surface area (Å²) in [5.41, 5.74) is -0.445. The molecule has 1 saturated heterocycles. The van der Waals surface area contributed by atoms with Crippen LogP contribution in [0.3, 0.4) is 0 Å². The number of aromatic hydroxyl groups is 1. The molecule has 144 valence electrons. The van der Waals surface area contributed by atoms with Crippen LogP contribution in [0, 0.1) is 5.82 Å². The third kappa shape index (κ3) is 4.41. The SMILES string of the molecule is CC(C)(C)OC(=O)N1CCCN1C1=NC(=O)C(=Cc2cc(F)ccc2O)S1. The Balaban J connectivity index is 1.78. The van der Waals surface area contributed by atoms with Gasteiger partial charge in [0.15, 0.2) is 5.17 Å². The molecule has 9 heteroatoms. The second kappa shape index (κ2) is 7.22. The first-order valence-corrected chi connectivity index (χ1v) is 9.25. The van der Waals surface area contributed by atoms with E-state index in [1.165, 1.54) is 17.2 Å². The fourth-order valence-corrected chi connectivity index (χ4v) is 3.54. The van der Waals surface area contributed by atoms with Crippen molar-refractivity contribution < 1.29 is 23.8 Å². The Hall–Kier alpha value is -2.55. The van der Waals surface area contributed by atoms with Crippen molar-refractivity contribution in [3.05, 3.63) is 34.5 Å². The van der Waals surface area contributed by atoms with E-state index in [-0.39, 0.29) is 16.2 Å². The lowest BCUT2D eigenvalue weighted by Gasteiger charge is -2.30. The van der Waals surface area contributed by atoms with Crippen LogP contribution in [0.2, 0.25) is 0 Å². The van der Waals surface area contributed by atoms with E-state index < -0.39 is 23.4 Å². The van der Waals surface area contributed by atoms with Crippen LogP contribution in [0.4, 0.5) is 9.18 Å². The molecule has 2 amide bonds. The zero-order valence-corrected chi connectivity index (χ0v) is 16.0. The molecule has 0 aliphatic carbocycles. The number of hydrogen-bond donors (Lipinski definition) is 1. The van der Waals surface area contributed by atoms with Crippen LogP contribution in [0.1, 0.15) is 32.8 Å². The molecule has 7 nitrogen and oxygen atoms in total. The van der Waals surface area contributed by atoms with Gasteiger partial charge in [-0.05, 0) is 63.2 Å². The minimum atomic E-state index is -0.633. The third-order valence-electron chi connectivity index (χ3n) is 3.74. The Labute approximate surface area is 160 Å². The van der Waals surface area contributed by atoms with Crippen molar-refractivity contribution >= 4 is 35.0 Å². The summed E-state index contributed by atoms with van der Waals surface area (Å²) in [5, 5.41) is 13.2. The maximum Gasteiger partial charge on any atom is 0.429 e. The Morgan fingerprint density at radius 3 is 2.81 bits per heavy atom. The maximum absolute atomic E-state index is 13.4. The molecule has 0 unspecified atom stereocenters. The van der Waals surface area contributed by atoms with Crippen LogP contribution in [-0.2, 0) is 9.53 Å². The number of hydrogen-bond acceptors (Lipinski definition) is 6. The van der Waals surface area contributed by atoms with Gasteiger partial charge >= 0.3 is 6.09 Å². The van der Waals surface area contributed by atoms with Crippen molar-refractivity contribution in [2.24, 2.45) is 4.99 Å². The quantitative estimate of drug-likeness (QED) is 0.737. The maximum atomic E-state index is 13.4. The lowest BCUT2D eigenvalue weighted by molar-refractivity contribution is -0.113. The molecule has 0 saturated carbocycles. The van der Waals surface area contributed by atoms with Crippen LogP contribution in [0.15, 0.2) is 28.1 Å². The smallest absolute Gasteiger partial charge is 0.429 e. The number of carbonyl (C=O) groups is 2. The van der Waals surface area contributed by atoms with Gasteiger partial charge in [-0.15, -0.1) is 0 Å². The summed E-state index contributed by atoms with van der Waals surface area (Å²) in [5.74, 6) is -1.16. The standard InChI is InChI=1S/C18H20FN3O4S/c1-18(2,3)26-17(25)22-8-4-7-21(22)16-20-15(24)14(27-16)10-11-9-12(19)5-6-13(11)23/h5-6,9-10,23H,4,7-8H2,1-3H3. The van der Waals surface area contributed by atoms with Gasteiger partial charge in [0.2, 0.25) is 0 Å². The summed E-state index contributed by atoms with van der Waals surface area (Å²) in [6, 6.07) is 3.49. The van der Waals surface area contributed by atoms with Crippen LogP contribution in [0.5, 0.6) is 5.75 Å². The molecule has 3 rings (SSSR count). The summed E-state index contributed by atoms with van der Waals surface area (Å²) in [6.45, 7) is 6.33. The van der Waals surface area contributed by atoms with Gasteiger partial charge in [-0.1, -0.05) is 0 Å². The van der Waals surface area contributed by atoms with Gasteiger partial charge in [-0.2, -0.15) is 4.99 Å². The molecule has 0 bridgehead atoms. The molecule has 27 heavy (non-hydrogen) atoms. The van der Waals surface area contributed by atoms with E-state index in [9.17, 15) is 19.1 Å². The topological polar surface area (TPSA) is 82.4 Å². The van der Waals surface area contributed by atoms with Gasteiger partial charge in [-0.3, -0.25) is 9.80 Å². The summed E-state index contributed by atoms with van der Waals surface area (Å²) >= 11 is 1.07. The molecule has 0 aromatic heterocycles. The normalized spacial score (nSPS) is 19.0. The number of benzene rings is 1. The first kappa shape index (κ1) is 19.2. The lowest BCUT2D eigenvalue weighted by Crippen LogP contribution is -2.45. The fourth-order valence-electron chi connectivity index (χ4n) is 2.61. The fraction of sp³-hybridized carbons (Fsp3) is 0.389. The largest absolute Gasteiger partial charge is 0.507 e. The van der Waals surface area contributed by atoms with E-state index in [1.807, 2.05) is 0 Å². The van der Waals surface area contributed by atoms with E-state index in [2.05, 4.69) is 4.99 Å². The highest BCUT2D eigenvalue weighted by molar-refractivity contribution is 8.18. The predicted molar refractivity (Wildman–Crippen MR) is 100 cm³/mol. The number of carbonyl (C=O) groups excluding carboxylic acids is 2. The van der Waals surface area contributed by atoms with Gasteiger partial charge < -0.3 is 9.84 Å². The number of ether oxygens (including phenoxy) is 1. The molecular formula is C18H20FN3O4S. The number of phenols is 1. The van der Waals surface area contributed by atoms with Crippen LogP contribution in [-0.4, -0.2) is 51.0 Å². The number of phenolic OH excluding ortho intramolecular Hbond substituents is 1. The monoisotopic (exact) mass is 393 g/mol. The average molecular weight is 393 g/mol. The van der Waals surface area contributed by atoms with E-state index >= 15 is 0 Å². The molecule has 0 atom stereocenters. The van der Waals surface area contributed by atoms with Crippen molar-refractivity contribution in [3.63, 3.8) is 0 Å². The predicted octanol–water partition coefficient (Wildman–Crippen LogP) is 3.36. The number of nitrogens with zero attached hydrogens (tertiary/aromatic N) is 3. The summed E-state index contributed by atoms with van der Waals surface area (Å²) in [6.07, 6.45) is 1.60. The molecule has 1 N–H and O–H groups in total. The van der Waals surface area contributed by atoms with Crippen molar-refractivity contribution in [1.82, 2.24) is 10.0 Å². The number of halogens is 1. The number of hydrazine groups is 1. The van der Waals surface area contributed by atoms with E-state index in [4.69, 9.17) is 4.74 Å². The van der Waals surface area contributed by atoms with Gasteiger partial charge in [0, 0.05) is 18.7 Å². The lowest BCUT2D eigenvalue weighted by atomic mass is 10.2. The summed E-state index contributed by atoms with van der Waals surface area (Å²) in [4.78, 5) is 28.9. The molecule has 1 aromatic rings. The molecule has 1 fully saturated rings. The number of amidine groups is 1. The second-order valence-corrected chi connectivity index (χ2v) is 8.10. The van der Waals surface area contributed by atoms with E-state index in [1.54, 1.807) is 25.8 Å². The number of amides is 2. The van der Waals surface area contributed by atoms with Crippen molar-refractivity contribution in [3.8, 4) is 5.75 Å². The minimum Gasteiger partial charge on any atom is -0.507 e. The Morgan fingerprint density at radius 2 is 2.11 bits per heavy atom. The zero-order valence-electron chi connectivity index (χ0n) is 15.2. The Bertz CT molecular complexity index is 847. The zero-order chi connectivity index (χ0) is 19.8. The third-order valence-corrected chi connectivity index (χ3v) is 4.74. The molecule has 2 aliphatic rings. The Morgan fingerprint density at radius 1 is 1.37 bits per heavy atom. The van der Waals surface area contributed by atoms with Crippen LogP contribution < -0.4 is 0 Å². The first-order chi connectivity index (χ1) is 12.6. The van der Waals surface area contributed by atoms with Crippen molar-refractivity contribution in [1.29, 1.82) is 0 Å². The Kier molecular flexibility index (Phi) is 5.14. The number of rotatable bonds is 1. The molecular weight excluding hydrogens is 373 g/mol. The van der Waals surface area contributed by atoms with Crippen LogP contribution >= 0.6 is 11.8 Å². The average Bonchev–Trinajstić information content (AvgIpc) is 3.16. The number of aliphatic imine (C=N–C) groups is 1. The van der Waals surface area contributed by atoms with E-state index in [0.717, 1.165) is 30.3 Å². The molecule has 2 aliphatic heterocycles. The highest BCUT2D eigenvalue weighted by atomic mass is 32.2. The van der Waals surface area contributed by atoms with E-state index in [0.29, 0.717) is 18.3 Å². The van der Waals surface area contributed by atoms with Gasteiger partial charge in [0.1, 0.15) is 17.2 Å². The number of thioether (sulfide) groups is 1. The molecule has 0 spiro atoms. The summed E-state index contributed by atoms with van der Waals surface area (Å²) < 4.78 is 18.8. The molecule has 0 radical (unpaired) electrons. The summed E-state index contributed by atoms with van der Waals surface area (Å²) in [7, 11) is 0. The van der Waals surface area contributed by atoms with Gasteiger partial charge in [0.25, 0.3) is 5.91 Å². The highest BCUT2D eigenvalue weighted by Gasteiger charge is 2.36. The van der Waals surface area contributed by atoms with Gasteiger partial charge in [0.05, 0.1) is 4.91 Å². The van der Waals surface area contributed by atoms with Crippen LogP contribution in [0.25, 0.3) is 6.08 Å². The van der Waals surface area contributed by atoms with Gasteiger partial charge in [-0.25, -0.2) is 14.2 Å². The van der Waals surface area contributed by atoms with Crippen molar-refractivity contribution in [2.75, 3.05) is 13.1 Å². The molecule has 2 heterocycles. The highest BCUT2D eigenvalue weighted by Crippen LogP contribution is 2.34. The minimum absolute atomic E-state index is 0.137.